The molecule has 2 aromatic carbocycles. The van der Waals surface area contributed by atoms with Gasteiger partial charge in [0.15, 0.2) is 22.9 Å². The number of aliphatic hydroxyl groups is 1. The fourth-order valence-corrected chi connectivity index (χ4v) is 3.28. The van der Waals surface area contributed by atoms with E-state index >= 15 is 0 Å². The lowest BCUT2D eigenvalue weighted by Crippen LogP contribution is -2.36. The van der Waals surface area contributed by atoms with Gasteiger partial charge in [0.05, 0.1) is 33.3 Å². The molecule has 0 aromatic heterocycles. The second-order valence-corrected chi connectivity index (χ2v) is 6.35. The summed E-state index contributed by atoms with van der Waals surface area (Å²) in [5.41, 5.74) is 0.00846. The van der Waals surface area contributed by atoms with Gasteiger partial charge in [-0.05, 0) is 25.1 Å². The third-order valence-electron chi connectivity index (χ3n) is 4.67. The first kappa shape index (κ1) is 18.7. The number of ketones is 1. The minimum atomic E-state index is -1.95. The van der Waals surface area contributed by atoms with Crippen molar-refractivity contribution in [1.29, 1.82) is 0 Å². The molecule has 0 aliphatic carbocycles. The van der Waals surface area contributed by atoms with Crippen LogP contribution < -0.4 is 19.5 Å². The van der Waals surface area contributed by atoms with Gasteiger partial charge in [0.2, 0.25) is 5.75 Å². The van der Waals surface area contributed by atoms with Crippen molar-refractivity contribution in [3.05, 3.63) is 47.0 Å². The molecule has 7 nitrogen and oxygen atoms in total. The van der Waals surface area contributed by atoms with Crippen LogP contribution in [-0.2, 0) is 10.4 Å². The largest absolute Gasteiger partial charge is 0.493 e. The van der Waals surface area contributed by atoms with E-state index in [1.165, 1.54) is 27.4 Å². The summed E-state index contributed by atoms with van der Waals surface area (Å²) in [4.78, 5) is 25.4. The molecule has 3 rings (SSSR count). The Morgan fingerprint density at radius 3 is 2.41 bits per heavy atom. The van der Waals surface area contributed by atoms with Crippen molar-refractivity contribution in [3.8, 4) is 17.2 Å². The smallest absolute Gasteiger partial charge is 0.261 e. The number of benzene rings is 2. The van der Waals surface area contributed by atoms with E-state index in [4.69, 9.17) is 14.2 Å². The number of fused-ring (bicyclic) bond motifs is 1. The molecule has 2 aromatic rings. The Morgan fingerprint density at radius 2 is 1.78 bits per heavy atom. The molecule has 0 saturated heterocycles. The SMILES string of the molecule is COc1ccc(C(=O)C[C@]2(O)C(=O)Nc3ccc(C)cc32)c(OC)c1OC. The van der Waals surface area contributed by atoms with Crippen molar-refractivity contribution in [1.82, 2.24) is 0 Å². The zero-order valence-electron chi connectivity index (χ0n) is 15.6. The first-order valence-electron chi connectivity index (χ1n) is 8.32. The van der Waals surface area contributed by atoms with E-state index in [2.05, 4.69) is 5.32 Å². The van der Waals surface area contributed by atoms with Crippen LogP contribution >= 0.6 is 0 Å². The molecule has 1 amide bonds. The van der Waals surface area contributed by atoms with E-state index in [9.17, 15) is 14.7 Å². The Labute approximate surface area is 156 Å². The van der Waals surface area contributed by atoms with E-state index < -0.39 is 23.7 Å². The average Bonchev–Trinajstić information content (AvgIpc) is 2.90. The van der Waals surface area contributed by atoms with E-state index in [1.807, 2.05) is 13.0 Å². The van der Waals surface area contributed by atoms with Crippen molar-refractivity contribution in [2.45, 2.75) is 18.9 Å². The van der Waals surface area contributed by atoms with Gasteiger partial charge in [0.1, 0.15) is 0 Å². The summed E-state index contributed by atoms with van der Waals surface area (Å²) >= 11 is 0. The van der Waals surface area contributed by atoms with Crippen LogP contribution in [0, 0.1) is 6.92 Å². The highest BCUT2D eigenvalue weighted by Gasteiger charge is 2.47. The Bertz CT molecular complexity index is 923. The number of amides is 1. The number of ether oxygens (including phenoxy) is 3. The van der Waals surface area contributed by atoms with Crippen molar-refractivity contribution >= 4 is 17.4 Å². The molecule has 2 N–H and O–H groups in total. The number of rotatable bonds is 6. The molecular weight excluding hydrogens is 350 g/mol. The summed E-state index contributed by atoms with van der Waals surface area (Å²) < 4.78 is 15.8. The number of nitrogens with one attached hydrogen (secondary N) is 1. The molecule has 27 heavy (non-hydrogen) atoms. The van der Waals surface area contributed by atoms with Crippen LogP contribution in [0.25, 0.3) is 0 Å². The van der Waals surface area contributed by atoms with Crippen molar-refractivity contribution in [2.75, 3.05) is 26.6 Å². The topological polar surface area (TPSA) is 94.1 Å². The molecular formula is C20H21NO6. The van der Waals surface area contributed by atoms with Gasteiger partial charge in [-0.3, -0.25) is 9.59 Å². The third-order valence-corrected chi connectivity index (χ3v) is 4.67. The molecule has 1 heterocycles. The van der Waals surface area contributed by atoms with Crippen LogP contribution in [0.2, 0.25) is 0 Å². The molecule has 0 unspecified atom stereocenters. The van der Waals surface area contributed by atoms with Gasteiger partial charge in [-0.2, -0.15) is 0 Å². The quantitative estimate of drug-likeness (QED) is 0.758. The second kappa shape index (κ2) is 6.92. The van der Waals surface area contributed by atoms with Gasteiger partial charge in [0, 0.05) is 11.3 Å². The van der Waals surface area contributed by atoms with E-state index in [-0.39, 0.29) is 17.1 Å². The monoisotopic (exact) mass is 371 g/mol. The number of hydrogen-bond donors (Lipinski definition) is 2. The van der Waals surface area contributed by atoms with Crippen LogP contribution in [-0.4, -0.2) is 38.1 Å². The molecule has 1 atom stereocenters. The van der Waals surface area contributed by atoms with Crippen LogP contribution in [0.5, 0.6) is 17.2 Å². The minimum absolute atomic E-state index is 0.188. The molecule has 1 aliphatic heterocycles. The lowest BCUT2D eigenvalue weighted by molar-refractivity contribution is -0.133. The minimum Gasteiger partial charge on any atom is -0.493 e. The maximum absolute atomic E-state index is 13.0. The van der Waals surface area contributed by atoms with E-state index in [1.54, 1.807) is 18.2 Å². The fourth-order valence-electron chi connectivity index (χ4n) is 3.28. The maximum Gasteiger partial charge on any atom is 0.261 e. The lowest BCUT2D eigenvalue weighted by atomic mass is 9.87. The summed E-state index contributed by atoms with van der Waals surface area (Å²) in [5.74, 6) is -0.224. The zero-order chi connectivity index (χ0) is 19.8. The Hall–Kier alpha value is -3.06. The number of anilines is 1. The van der Waals surface area contributed by atoms with Gasteiger partial charge in [-0.15, -0.1) is 0 Å². The molecule has 142 valence electrons. The maximum atomic E-state index is 13.0. The first-order chi connectivity index (χ1) is 12.8. The summed E-state index contributed by atoms with van der Waals surface area (Å²) in [5, 5.41) is 13.7. The summed E-state index contributed by atoms with van der Waals surface area (Å²) in [6, 6.07) is 8.33. The average molecular weight is 371 g/mol. The van der Waals surface area contributed by atoms with Gasteiger partial charge in [-0.25, -0.2) is 0 Å². The molecule has 0 fully saturated rings. The molecule has 0 spiro atoms. The Kier molecular flexibility index (Phi) is 4.80. The van der Waals surface area contributed by atoms with Gasteiger partial charge >= 0.3 is 0 Å². The van der Waals surface area contributed by atoms with Crippen LogP contribution in [0.3, 0.4) is 0 Å². The predicted molar refractivity (Wildman–Crippen MR) is 98.8 cm³/mol. The molecule has 0 radical (unpaired) electrons. The molecule has 0 saturated carbocycles. The van der Waals surface area contributed by atoms with Crippen molar-refractivity contribution in [3.63, 3.8) is 0 Å². The highest BCUT2D eigenvalue weighted by atomic mass is 16.5. The van der Waals surface area contributed by atoms with Crippen molar-refractivity contribution in [2.24, 2.45) is 0 Å². The molecule has 7 heteroatoms. The van der Waals surface area contributed by atoms with Gasteiger partial charge in [0.25, 0.3) is 5.91 Å². The number of carbonyl (C=O) groups is 2. The Morgan fingerprint density at radius 1 is 1.07 bits per heavy atom. The Balaban J connectivity index is 2.02. The van der Waals surface area contributed by atoms with Gasteiger partial charge < -0.3 is 24.6 Å². The highest BCUT2D eigenvalue weighted by Crippen LogP contribution is 2.43. The number of Topliss-reactive ketones (excluding diaryl/α,β-unsaturated/α-hetero) is 1. The fraction of sp³-hybridized carbons (Fsp3) is 0.300. The molecule has 0 bridgehead atoms. The second-order valence-electron chi connectivity index (χ2n) is 6.35. The normalized spacial score (nSPS) is 17.9. The lowest BCUT2D eigenvalue weighted by Gasteiger charge is -2.21. The summed E-state index contributed by atoms with van der Waals surface area (Å²) in [7, 11) is 4.32. The van der Waals surface area contributed by atoms with Crippen LogP contribution in [0.4, 0.5) is 5.69 Å². The van der Waals surface area contributed by atoms with Crippen molar-refractivity contribution < 1.29 is 28.9 Å². The van der Waals surface area contributed by atoms with Crippen LogP contribution in [0.1, 0.15) is 27.9 Å². The molecule has 1 aliphatic rings. The van der Waals surface area contributed by atoms with E-state index in [0.717, 1.165) is 5.56 Å². The predicted octanol–water partition coefficient (Wildman–Crippen LogP) is 2.43. The number of aryl methyl sites for hydroxylation is 1. The standard InChI is InChI=1S/C20H21NO6/c1-11-5-7-14-13(9-11)20(24,19(23)21-14)10-15(22)12-6-8-16(25-2)18(27-4)17(12)26-3/h5-9,24H,10H2,1-4H3,(H,21,23)/t20-/m1/s1. The van der Waals surface area contributed by atoms with Crippen LogP contribution in [0.15, 0.2) is 30.3 Å². The number of methoxy groups -OCH3 is 3. The third kappa shape index (κ3) is 3.00. The first-order valence-corrected chi connectivity index (χ1v) is 8.32. The number of carbonyl (C=O) groups excluding carboxylic acids is 2. The van der Waals surface area contributed by atoms with E-state index in [0.29, 0.717) is 17.0 Å². The summed E-state index contributed by atoms with van der Waals surface area (Å²) in [6.07, 6.45) is -0.429. The van der Waals surface area contributed by atoms with Gasteiger partial charge in [-0.1, -0.05) is 17.7 Å². The zero-order valence-corrected chi connectivity index (χ0v) is 15.6. The highest BCUT2D eigenvalue weighted by molar-refractivity contribution is 6.10. The number of hydrogen-bond acceptors (Lipinski definition) is 6. The summed E-state index contributed by atoms with van der Waals surface area (Å²) in [6.45, 7) is 1.85.